The van der Waals surface area contributed by atoms with E-state index in [0.29, 0.717) is 11.5 Å². The molecule has 0 atom stereocenters. The normalized spacial score (nSPS) is 11.0. The van der Waals surface area contributed by atoms with Crippen molar-refractivity contribution in [1.29, 1.82) is 0 Å². The molecule has 3 aromatic carbocycles. The molecule has 35 heavy (non-hydrogen) atoms. The Kier molecular flexibility index (Phi) is 7.96. The van der Waals surface area contributed by atoms with Gasteiger partial charge >= 0.3 is 5.97 Å². The van der Waals surface area contributed by atoms with Crippen molar-refractivity contribution in [3.63, 3.8) is 0 Å². The SMILES string of the molecule is COc1cc(/C=N/NC(=O)CSc2nc3ccccc3s2)ccc1OCc1ccc(C(=O)O)cc1. The fraction of sp³-hybridized carbons (Fsp3) is 0.120. The first-order chi connectivity index (χ1) is 17.0. The minimum absolute atomic E-state index is 0.209. The summed E-state index contributed by atoms with van der Waals surface area (Å²) in [5.74, 6) is 0.0451. The fourth-order valence-corrected chi connectivity index (χ4v) is 4.90. The molecule has 0 fully saturated rings. The van der Waals surface area contributed by atoms with Gasteiger partial charge in [-0.25, -0.2) is 15.2 Å². The second-order valence-electron chi connectivity index (χ2n) is 7.23. The highest BCUT2D eigenvalue weighted by Crippen LogP contribution is 2.29. The van der Waals surface area contributed by atoms with Gasteiger partial charge in [0.2, 0.25) is 0 Å². The van der Waals surface area contributed by atoms with Crippen LogP contribution in [0.2, 0.25) is 0 Å². The summed E-state index contributed by atoms with van der Waals surface area (Å²) in [4.78, 5) is 27.6. The molecular weight excluding hydrogens is 486 g/mol. The van der Waals surface area contributed by atoms with E-state index in [1.807, 2.05) is 24.3 Å². The van der Waals surface area contributed by atoms with Crippen LogP contribution in [0.15, 0.2) is 76.2 Å². The summed E-state index contributed by atoms with van der Waals surface area (Å²) < 4.78 is 13.1. The molecular formula is C25H21N3O5S2. The number of benzene rings is 3. The van der Waals surface area contributed by atoms with Gasteiger partial charge < -0.3 is 14.6 Å². The molecule has 0 spiro atoms. The van der Waals surface area contributed by atoms with E-state index in [1.165, 1.54) is 37.2 Å². The Hall–Kier alpha value is -3.89. The largest absolute Gasteiger partial charge is 0.493 e. The van der Waals surface area contributed by atoms with E-state index < -0.39 is 5.97 Å². The third-order valence-electron chi connectivity index (χ3n) is 4.79. The number of carbonyl (C=O) groups is 2. The van der Waals surface area contributed by atoms with Crippen LogP contribution in [-0.4, -0.2) is 41.0 Å². The van der Waals surface area contributed by atoms with Crippen LogP contribution in [0.25, 0.3) is 10.2 Å². The van der Waals surface area contributed by atoms with Crippen LogP contribution in [0, 0.1) is 0 Å². The number of aromatic nitrogens is 1. The zero-order valence-corrected chi connectivity index (χ0v) is 20.3. The smallest absolute Gasteiger partial charge is 0.335 e. The lowest BCUT2D eigenvalue weighted by atomic mass is 10.1. The van der Waals surface area contributed by atoms with Gasteiger partial charge in [0.1, 0.15) is 6.61 Å². The second-order valence-corrected chi connectivity index (χ2v) is 9.48. The van der Waals surface area contributed by atoms with Gasteiger partial charge in [-0.05, 0) is 53.6 Å². The molecule has 1 aromatic heterocycles. The molecule has 1 heterocycles. The zero-order valence-electron chi connectivity index (χ0n) is 18.6. The molecule has 0 aliphatic carbocycles. The number of hydrazone groups is 1. The summed E-state index contributed by atoms with van der Waals surface area (Å²) in [5.41, 5.74) is 5.21. The number of thioether (sulfide) groups is 1. The number of carboxylic acids is 1. The van der Waals surface area contributed by atoms with Crippen LogP contribution in [0.3, 0.4) is 0 Å². The molecule has 178 valence electrons. The van der Waals surface area contributed by atoms with Crippen molar-refractivity contribution in [2.24, 2.45) is 5.10 Å². The third kappa shape index (κ3) is 6.58. The van der Waals surface area contributed by atoms with E-state index in [9.17, 15) is 9.59 Å². The average Bonchev–Trinajstić information content (AvgIpc) is 3.30. The van der Waals surface area contributed by atoms with Crippen LogP contribution >= 0.6 is 23.1 Å². The summed E-state index contributed by atoms with van der Waals surface area (Å²) in [6, 6.07) is 19.6. The lowest BCUT2D eigenvalue weighted by Crippen LogP contribution is -2.19. The van der Waals surface area contributed by atoms with Crippen molar-refractivity contribution in [2.75, 3.05) is 12.9 Å². The number of thiazole rings is 1. The molecule has 10 heteroatoms. The van der Waals surface area contributed by atoms with Gasteiger partial charge in [-0.2, -0.15) is 5.10 Å². The highest BCUT2D eigenvalue weighted by Gasteiger charge is 2.09. The minimum atomic E-state index is -0.973. The topological polar surface area (TPSA) is 110 Å². The molecule has 8 nitrogen and oxygen atoms in total. The summed E-state index contributed by atoms with van der Waals surface area (Å²) >= 11 is 2.92. The van der Waals surface area contributed by atoms with E-state index in [2.05, 4.69) is 15.5 Å². The number of hydrogen-bond acceptors (Lipinski definition) is 8. The predicted octanol–water partition coefficient (Wildman–Crippen LogP) is 4.82. The minimum Gasteiger partial charge on any atom is -0.493 e. The number of ether oxygens (including phenoxy) is 2. The molecule has 4 aromatic rings. The monoisotopic (exact) mass is 507 g/mol. The molecule has 0 saturated heterocycles. The summed E-state index contributed by atoms with van der Waals surface area (Å²) in [5, 5.41) is 13.0. The van der Waals surface area contributed by atoms with Crippen LogP contribution < -0.4 is 14.9 Å². The van der Waals surface area contributed by atoms with E-state index in [0.717, 1.165) is 25.7 Å². The van der Waals surface area contributed by atoms with Crippen molar-refractivity contribution < 1.29 is 24.2 Å². The molecule has 1 amide bonds. The van der Waals surface area contributed by atoms with Gasteiger partial charge in [-0.1, -0.05) is 36.0 Å². The number of para-hydroxylation sites is 1. The Balaban J connectivity index is 1.28. The van der Waals surface area contributed by atoms with Gasteiger partial charge in [0.15, 0.2) is 15.8 Å². The molecule has 4 rings (SSSR count). The average molecular weight is 508 g/mol. The standard InChI is InChI=1S/C25H21N3O5S2/c1-32-21-12-17(8-11-20(21)33-14-16-6-9-18(10-7-16)24(30)31)13-26-28-23(29)15-34-25-27-19-4-2-3-5-22(19)35-25/h2-13H,14-15H2,1H3,(H,28,29)(H,30,31)/b26-13+. The highest BCUT2D eigenvalue weighted by molar-refractivity contribution is 8.01. The van der Waals surface area contributed by atoms with Crippen LogP contribution in [0.1, 0.15) is 21.5 Å². The van der Waals surface area contributed by atoms with Crippen molar-refractivity contribution in [2.45, 2.75) is 10.9 Å². The van der Waals surface area contributed by atoms with E-state index in [-0.39, 0.29) is 23.8 Å². The summed E-state index contributed by atoms with van der Waals surface area (Å²) in [6.45, 7) is 0.256. The highest BCUT2D eigenvalue weighted by atomic mass is 32.2. The van der Waals surface area contributed by atoms with Crippen LogP contribution in [-0.2, 0) is 11.4 Å². The van der Waals surface area contributed by atoms with E-state index >= 15 is 0 Å². The van der Waals surface area contributed by atoms with Gasteiger partial charge in [0.05, 0.1) is 34.9 Å². The summed E-state index contributed by atoms with van der Waals surface area (Å²) in [7, 11) is 1.53. The Morgan fingerprint density at radius 1 is 1.11 bits per heavy atom. The second kappa shape index (κ2) is 11.5. The summed E-state index contributed by atoms with van der Waals surface area (Å²) in [6.07, 6.45) is 1.52. The predicted molar refractivity (Wildman–Crippen MR) is 137 cm³/mol. The lowest BCUT2D eigenvalue weighted by molar-refractivity contribution is -0.118. The number of nitrogens with one attached hydrogen (secondary N) is 1. The molecule has 0 aliphatic heterocycles. The molecule has 0 bridgehead atoms. The van der Waals surface area contributed by atoms with Gasteiger partial charge in [0, 0.05) is 0 Å². The molecule has 0 aliphatic rings. The van der Waals surface area contributed by atoms with Crippen LogP contribution in [0.4, 0.5) is 0 Å². The van der Waals surface area contributed by atoms with Gasteiger partial charge in [-0.15, -0.1) is 11.3 Å². The zero-order chi connectivity index (χ0) is 24.6. The number of methoxy groups -OCH3 is 1. The molecule has 0 radical (unpaired) electrons. The molecule has 0 saturated carbocycles. The maximum Gasteiger partial charge on any atom is 0.335 e. The first kappa shape index (κ1) is 24.2. The number of rotatable bonds is 10. The maximum absolute atomic E-state index is 12.1. The van der Waals surface area contributed by atoms with Crippen LogP contribution in [0.5, 0.6) is 11.5 Å². The van der Waals surface area contributed by atoms with E-state index in [4.69, 9.17) is 14.6 Å². The number of nitrogens with zero attached hydrogens (tertiary/aromatic N) is 2. The number of carboxylic acid groups (broad SMARTS) is 1. The first-order valence-electron chi connectivity index (χ1n) is 10.4. The van der Waals surface area contributed by atoms with Gasteiger partial charge in [-0.3, -0.25) is 4.79 Å². The Labute approximate surface area is 209 Å². The molecule has 0 unspecified atom stereocenters. The Morgan fingerprint density at radius 2 is 1.91 bits per heavy atom. The van der Waals surface area contributed by atoms with Crippen molar-refractivity contribution in [1.82, 2.24) is 10.4 Å². The van der Waals surface area contributed by atoms with Gasteiger partial charge in [0.25, 0.3) is 5.91 Å². The van der Waals surface area contributed by atoms with E-state index in [1.54, 1.807) is 41.7 Å². The quantitative estimate of drug-likeness (QED) is 0.180. The lowest BCUT2D eigenvalue weighted by Gasteiger charge is -2.11. The number of aromatic carboxylic acids is 1. The Bertz CT molecular complexity index is 1340. The molecule has 2 N–H and O–H groups in total. The number of hydrogen-bond donors (Lipinski definition) is 2. The fourth-order valence-electron chi connectivity index (χ4n) is 3.04. The number of amides is 1. The first-order valence-corrected chi connectivity index (χ1v) is 12.3. The Morgan fingerprint density at radius 3 is 2.66 bits per heavy atom. The maximum atomic E-state index is 12.1. The number of carbonyl (C=O) groups excluding carboxylic acids is 1. The third-order valence-corrected chi connectivity index (χ3v) is 6.97. The van der Waals surface area contributed by atoms with Crippen molar-refractivity contribution >= 4 is 51.4 Å². The number of fused-ring (bicyclic) bond motifs is 1. The van der Waals surface area contributed by atoms with Crippen molar-refractivity contribution in [3.05, 3.63) is 83.4 Å². The van der Waals surface area contributed by atoms with Crippen molar-refractivity contribution in [3.8, 4) is 11.5 Å².